The number of benzene rings is 2. The van der Waals surface area contributed by atoms with E-state index in [2.05, 4.69) is 38.2 Å². The normalized spacial score (nSPS) is 10.3. The molecule has 2 rings (SSSR count). The predicted octanol–water partition coefficient (Wildman–Crippen LogP) is 4.23. The number of ether oxygens (including phenoxy) is 1. The number of anilines is 1. The first-order valence-corrected chi connectivity index (χ1v) is 6.55. The minimum atomic E-state index is 0.851. The van der Waals surface area contributed by atoms with Crippen LogP contribution in [0.1, 0.15) is 22.3 Å². The Labute approximate surface area is 115 Å². The van der Waals surface area contributed by atoms with Gasteiger partial charge in [0, 0.05) is 12.2 Å². The van der Waals surface area contributed by atoms with Crippen LogP contribution in [0.3, 0.4) is 0 Å². The van der Waals surface area contributed by atoms with Gasteiger partial charge in [-0.25, -0.2) is 0 Å². The van der Waals surface area contributed by atoms with Crippen molar-refractivity contribution in [1.29, 1.82) is 0 Å². The van der Waals surface area contributed by atoms with Gasteiger partial charge in [-0.1, -0.05) is 17.7 Å². The molecule has 2 aromatic rings. The molecule has 0 atom stereocenters. The van der Waals surface area contributed by atoms with Crippen LogP contribution >= 0.6 is 0 Å². The van der Waals surface area contributed by atoms with Gasteiger partial charge in [0.15, 0.2) is 0 Å². The zero-order chi connectivity index (χ0) is 13.8. The third-order valence-corrected chi connectivity index (χ3v) is 3.40. The minimum absolute atomic E-state index is 0.851. The molecule has 2 nitrogen and oxygen atoms in total. The Balaban J connectivity index is 2.10. The van der Waals surface area contributed by atoms with Gasteiger partial charge in [-0.05, 0) is 61.7 Å². The summed E-state index contributed by atoms with van der Waals surface area (Å²) in [6, 6.07) is 12.5. The van der Waals surface area contributed by atoms with E-state index in [0.29, 0.717) is 0 Å². The summed E-state index contributed by atoms with van der Waals surface area (Å²) < 4.78 is 5.16. The van der Waals surface area contributed by atoms with Crippen molar-refractivity contribution < 1.29 is 4.74 Å². The fraction of sp³-hybridized carbons (Fsp3) is 0.294. The van der Waals surface area contributed by atoms with Crippen molar-refractivity contribution in [2.24, 2.45) is 0 Å². The monoisotopic (exact) mass is 255 g/mol. The third kappa shape index (κ3) is 3.28. The average molecular weight is 255 g/mol. The van der Waals surface area contributed by atoms with E-state index in [1.54, 1.807) is 7.11 Å². The molecule has 2 heteroatoms. The SMILES string of the molecule is COc1ccc(NCc2c(C)cc(C)cc2C)cc1. The molecule has 100 valence electrons. The highest BCUT2D eigenvalue weighted by molar-refractivity contribution is 5.48. The first-order valence-electron chi connectivity index (χ1n) is 6.55. The molecular formula is C17H21NO. The summed E-state index contributed by atoms with van der Waals surface area (Å²) in [5.41, 5.74) is 6.50. The lowest BCUT2D eigenvalue weighted by Gasteiger charge is -2.13. The smallest absolute Gasteiger partial charge is 0.119 e. The first kappa shape index (κ1) is 13.5. The lowest BCUT2D eigenvalue weighted by atomic mass is 10.00. The highest BCUT2D eigenvalue weighted by atomic mass is 16.5. The number of hydrogen-bond donors (Lipinski definition) is 1. The number of aryl methyl sites for hydroxylation is 3. The van der Waals surface area contributed by atoms with E-state index in [1.807, 2.05) is 24.3 Å². The summed E-state index contributed by atoms with van der Waals surface area (Å²) in [6.45, 7) is 7.33. The van der Waals surface area contributed by atoms with Crippen LogP contribution in [-0.4, -0.2) is 7.11 Å². The average Bonchev–Trinajstić information content (AvgIpc) is 2.38. The van der Waals surface area contributed by atoms with E-state index < -0.39 is 0 Å². The maximum atomic E-state index is 5.16. The van der Waals surface area contributed by atoms with E-state index in [0.717, 1.165) is 18.0 Å². The molecule has 0 fully saturated rings. The molecule has 0 aliphatic rings. The Hall–Kier alpha value is -1.96. The standard InChI is InChI=1S/C17H21NO/c1-12-9-13(2)17(14(3)10-12)11-18-15-5-7-16(19-4)8-6-15/h5-10,18H,11H2,1-4H3. The number of nitrogens with one attached hydrogen (secondary N) is 1. The van der Waals surface area contributed by atoms with Crippen molar-refractivity contribution >= 4 is 5.69 Å². The van der Waals surface area contributed by atoms with Crippen LogP contribution in [0, 0.1) is 20.8 Å². The van der Waals surface area contributed by atoms with Crippen molar-refractivity contribution in [3.8, 4) is 5.75 Å². The largest absolute Gasteiger partial charge is 0.497 e. The summed E-state index contributed by atoms with van der Waals surface area (Å²) in [4.78, 5) is 0. The van der Waals surface area contributed by atoms with Crippen LogP contribution in [-0.2, 0) is 6.54 Å². The maximum absolute atomic E-state index is 5.16. The summed E-state index contributed by atoms with van der Waals surface area (Å²) in [5.74, 6) is 0.883. The van der Waals surface area contributed by atoms with Crippen molar-refractivity contribution in [2.45, 2.75) is 27.3 Å². The van der Waals surface area contributed by atoms with Crippen LogP contribution in [0.15, 0.2) is 36.4 Å². The highest BCUT2D eigenvalue weighted by Gasteiger charge is 2.03. The molecule has 0 aliphatic carbocycles. The van der Waals surface area contributed by atoms with Gasteiger partial charge in [0.25, 0.3) is 0 Å². The zero-order valence-electron chi connectivity index (χ0n) is 12.1. The maximum Gasteiger partial charge on any atom is 0.119 e. The molecule has 0 heterocycles. The Kier molecular flexibility index (Phi) is 4.10. The first-order chi connectivity index (χ1) is 9.10. The van der Waals surface area contributed by atoms with Crippen molar-refractivity contribution in [2.75, 3.05) is 12.4 Å². The zero-order valence-corrected chi connectivity index (χ0v) is 12.1. The van der Waals surface area contributed by atoms with Gasteiger partial charge in [0.1, 0.15) is 5.75 Å². The number of rotatable bonds is 4. The van der Waals surface area contributed by atoms with Gasteiger partial charge < -0.3 is 10.1 Å². The molecule has 0 spiro atoms. The van der Waals surface area contributed by atoms with Crippen LogP contribution < -0.4 is 10.1 Å². The van der Waals surface area contributed by atoms with E-state index in [4.69, 9.17) is 4.74 Å². The van der Waals surface area contributed by atoms with E-state index in [1.165, 1.54) is 22.3 Å². The molecule has 0 unspecified atom stereocenters. The predicted molar refractivity (Wildman–Crippen MR) is 81.0 cm³/mol. The van der Waals surface area contributed by atoms with Gasteiger partial charge in [-0.3, -0.25) is 0 Å². The summed E-state index contributed by atoms with van der Waals surface area (Å²) in [6.07, 6.45) is 0. The molecule has 0 aromatic heterocycles. The molecule has 19 heavy (non-hydrogen) atoms. The molecule has 0 bridgehead atoms. The summed E-state index contributed by atoms with van der Waals surface area (Å²) >= 11 is 0. The quantitative estimate of drug-likeness (QED) is 0.882. The number of hydrogen-bond acceptors (Lipinski definition) is 2. The van der Waals surface area contributed by atoms with Crippen molar-refractivity contribution in [3.05, 3.63) is 58.7 Å². The van der Waals surface area contributed by atoms with Crippen LogP contribution in [0.25, 0.3) is 0 Å². The van der Waals surface area contributed by atoms with Gasteiger partial charge in [-0.2, -0.15) is 0 Å². The van der Waals surface area contributed by atoms with Crippen LogP contribution in [0.4, 0.5) is 5.69 Å². The van der Waals surface area contributed by atoms with Gasteiger partial charge in [-0.15, -0.1) is 0 Å². The second kappa shape index (κ2) is 5.79. The van der Waals surface area contributed by atoms with Gasteiger partial charge in [0.05, 0.1) is 7.11 Å². The molecule has 0 aliphatic heterocycles. The molecule has 0 amide bonds. The van der Waals surface area contributed by atoms with Crippen molar-refractivity contribution in [3.63, 3.8) is 0 Å². The second-order valence-electron chi connectivity index (χ2n) is 4.96. The molecule has 2 aromatic carbocycles. The molecular weight excluding hydrogens is 234 g/mol. The lowest BCUT2D eigenvalue weighted by Crippen LogP contribution is -2.04. The molecule has 0 radical (unpaired) electrons. The minimum Gasteiger partial charge on any atom is -0.497 e. The van der Waals surface area contributed by atoms with Gasteiger partial charge >= 0.3 is 0 Å². The molecule has 1 N–H and O–H groups in total. The summed E-state index contributed by atoms with van der Waals surface area (Å²) in [7, 11) is 1.68. The Morgan fingerprint density at radius 2 is 1.53 bits per heavy atom. The van der Waals surface area contributed by atoms with Gasteiger partial charge in [0.2, 0.25) is 0 Å². The van der Waals surface area contributed by atoms with E-state index in [-0.39, 0.29) is 0 Å². The fourth-order valence-electron chi connectivity index (χ4n) is 2.39. The molecule has 0 saturated heterocycles. The fourth-order valence-corrected chi connectivity index (χ4v) is 2.39. The topological polar surface area (TPSA) is 21.3 Å². The molecule has 0 saturated carbocycles. The Morgan fingerprint density at radius 3 is 2.05 bits per heavy atom. The lowest BCUT2D eigenvalue weighted by molar-refractivity contribution is 0.415. The van der Waals surface area contributed by atoms with Crippen molar-refractivity contribution in [1.82, 2.24) is 0 Å². The number of methoxy groups -OCH3 is 1. The van der Waals surface area contributed by atoms with E-state index in [9.17, 15) is 0 Å². The third-order valence-electron chi connectivity index (χ3n) is 3.40. The Morgan fingerprint density at radius 1 is 0.947 bits per heavy atom. The van der Waals surface area contributed by atoms with Crippen LogP contribution in [0.5, 0.6) is 5.75 Å². The Bertz CT molecular complexity index is 535. The van der Waals surface area contributed by atoms with Crippen LogP contribution in [0.2, 0.25) is 0 Å². The summed E-state index contributed by atoms with van der Waals surface area (Å²) in [5, 5.41) is 3.46. The highest BCUT2D eigenvalue weighted by Crippen LogP contribution is 2.19. The second-order valence-corrected chi connectivity index (χ2v) is 4.96. The van der Waals surface area contributed by atoms with E-state index >= 15 is 0 Å².